The van der Waals surface area contributed by atoms with Gasteiger partial charge in [-0.15, -0.1) is 0 Å². The summed E-state index contributed by atoms with van der Waals surface area (Å²) in [6.07, 6.45) is 2.99. The Hall–Kier alpha value is -2.31. The predicted octanol–water partition coefficient (Wildman–Crippen LogP) is 3.09. The van der Waals surface area contributed by atoms with E-state index in [1.807, 2.05) is 0 Å². The highest BCUT2D eigenvalue weighted by Crippen LogP contribution is 2.40. The second-order valence-electron chi connectivity index (χ2n) is 6.08. The number of hydrogen-bond donors (Lipinski definition) is 0. The maximum atomic E-state index is 13.8. The SMILES string of the molecule is O=C1CCC(c2nc(C3CC3)no2)N1Cc1cc(F)ccc1F. The van der Waals surface area contributed by atoms with Crippen LogP contribution in [-0.2, 0) is 11.3 Å². The summed E-state index contributed by atoms with van der Waals surface area (Å²) in [5, 5.41) is 3.96. The lowest BCUT2D eigenvalue weighted by molar-refractivity contribution is -0.130. The monoisotopic (exact) mass is 319 g/mol. The fraction of sp³-hybridized carbons (Fsp3) is 0.438. The molecule has 0 spiro atoms. The van der Waals surface area contributed by atoms with Crippen LogP contribution in [0.1, 0.15) is 54.9 Å². The van der Waals surface area contributed by atoms with Crippen LogP contribution in [0.5, 0.6) is 0 Å². The smallest absolute Gasteiger partial charge is 0.249 e. The van der Waals surface area contributed by atoms with E-state index in [9.17, 15) is 13.6 Å². The van der Waals surface area contributed by atoms with E-state index in [1.54, 1.807) is 0 Å². The molecule has 1 amide bonds. The summed E-state index contributed by atoms with van der Waals surface area (Å²) in [7, 11) is 0. The van der Waals surface area contributed by atoms with Crippen molar-refractivity contribution in [1.29, 1.82) is 0 Å². The Morgan fingerprint density at radius 3 is 2.87 bits per heavy atom. The standard InChI is InChI=1S/C16H15F2N3O2/c17-11-3-4-12(18)10(7-11)8-21-13(5-6-14(21)22)16-19-15(20-23-16)9-1-2-9/h3-4,7,9,13H,1-2,5-6,8H2. The van der Waals surface area contributed by atoms with Gasteiger partial charge >= 0.3 is 0 Å². The van der Waals surface area contributed by atoms with Crippen LogP contribution in [0.2, 0.25) is 0 Å². The van der Waals surface area contributed by atoms with Crippen LogP contribution in [0.15, 0.2) is 22.7 Å². The molecule has 1 saturated heterocycles. The Kier molecular flexibility index (Phi) is 3.36. The number of halogens is 2. The van der Waals surface area contributed by atoms with Gasteiger partial charge < -0.3 is 9.42 Å². The van der Waals surface area contributed by atoms with Gasteiger partial charge in [0.25, 0.3) is 0 Å². The van der Waals surface area contributed by atoms with Gasteiger partial charge in [0.1, 0.15) is 17.7 Å². The Morgan fingerprint density at radius 1 is 1.26 bits per heavy atom. The van der Waals surface area contributed by atoms with Crippen molar-refractivity contribution < 1.29 is 18.1 Å². The third kappa shape index (κ3) is 2.71. The van der Waals surface area contributed by atoms with Crippen molar-refractivity contribution in [3.05, 3.63) is 47.1 Å². The fourth-order valence-corrected chi connectivity index (χ4v) is 2.93. The van der Waals surface area contributed by atoms with E-state index < -0.39 is 11.6 Å². The molecule has 2 fully saturated rings. The molecule has 1 saturated carbocycles. The molecule has 2 heterocycles. The topological polar surface area (TPSA) is 59.2 Å². The molecule has 120 valence electrons. The minimum absolute atomic E-state index is 0.00572. The van der Waals surface area contributed by atoms with E-state index in [4.69, 9.17) is 4.52 Å². The highest BCUT2D eigenvalue weighted by molar-refractivity contribution is 5.78. The molecule has 0 radical (unpaired) electrons. The first kappa shape index (κ1) is 14.3. The van der Waals surface area contributed by atoms with E-state index in [0.717, 1.165) is 31.0 Å². The summed E-state index contributed by atoms with van der Waals surface area (Å²) < 4.78 is 32.5. The molecule has 4 rings (SSSR count). The molecule has 23 heavy (non-hydrogen) atoms. The molecule has 1 aliphatic heterocycles. The van der Waals surface area contributed by atoms with Crippen LogP contribution in [0.3, 0.4) is 0 Å². The molecule has 0 N–H and O–H groups in total. The zero-order chi connectivity index (χ0) is 16.0. The van der Waals surface area contributed by atoms with Gasteiger partial charge in [-0.3, -0.25) is 4.79 Å². The van der Waals surface area contributed by atoms with Crippen molar-refractivity contribution in [2.45, 2.75) is 44.2 Å². The summed E-state index contributed by atoms with van der Waals surface area (Å²) >= 11 is 0. The Labute approximate surface area is 131 Å². The van der Waals surface area contributed by atoms with Crippen LogP contribution in [0, 0.1) is 11.6 Å². The highest BCUT2D eigenvalue weighted by atomic mass is 19.1. The molecule has 1 atom stereocenters. The van der Waals surface area contributed by atoms with Crippen LogP contribution < -0.4 is 0 Å². The van der Waals surface area contributed by atoms with Crippen molar-refractivity contribution in [3.8, 4) is 0 Å². The van der Waals surface area contributed by atoms with Gasteiger partial charge in [0.05, 0.1) is 0 Å². The molecule has 7 heteroatoms. The van der Waals surface area contributed by atoms with E-state index in [2.05, 4.69) is 10.1 Å². The van der Waals surface area contributed by atoms with Crippen LogP contribution in [0.25, 0.3) is 0 Å². The van der Waals surface area contributed by atoms with E-state index in [0.29, 0.717) is 30.5 Å². The number of nitrogens with zero attached hydrogens (tertiary/aromatic N) is 3. The Balaban J connectivity index is 1.59. The second-order valence-corrected chi connectivity index (χ2v) is 6.08. The molecule has 5 nitrogen and oxygen atoms in total. The molecule has 1 unspecified atom stereocenters. The van der Waals surface area contributed by atoms with Gasteiger partial charge in [-0.25, -0.2) is 8.78 Å². The summed E-state index contributed by atoms with van der Waals surface area (Å²) in [5.74, 6) is 0.238. The van der Waals surface area contributed by atoms with Gasteiger partial charge in [0.2, 0.25) is 11.8 Å². The number of likely N-dealkylation sites (tertiary alicyclic amines) is 1. The molecule has 1 aliphatic carbocycles. The van der Waals surface area contributed by atoms with Crippen LogP contribution >= 0.6 is 0 Å². The first-order valence-corrected chi connectivity index (χ1v) is 7.68. The van der Waals surface area contributed by atoms with Crippen LogP contribution in [0.4, 0.5) is 8.78 Å². The lowest BCUT2D eigenvalue weighted by Crippen LogP contribution is -2.28. The fourth-order valence-electron chi connectivity index (χ4n) is 2.93. The van der Waals surface area contributed by atoms with Crippen molar-refractivity contribution >= 4 is 5.91 Å². The predicted molar refractivity (Wildman–Crippen MR) is 75.2 cm³/mol. The Morgan fingerprint density at radius 2 is 2.09 bits per heavy atom. The average Bonchev–Trinajstić information content (AvgIpc) is 3.16. The summed E-state index contributed by atoms with van der Waals surface area (Å²) in [4.78, 5) is 18.0. The number of hydrogen-bond acceptors (Lipinski definition) is 4. The summed E-state index contributed by atoms with van der Waals surface area (Å²) in [6.45, 7) is -0.00572. The molecule has 1 aromatic heterocycles. The number of aromatic nitrogens is 2. The van der Waals surface area contributed by atoms with Gasteiger partial charge in [0.15, 0.2) is 5.82 Å². The number of amides is 1. The normalized spacial score (nSPS) is 21.2. The van der Waals surface area contributed by atoms with Crippen molar-refractivity contribution in [1.82, 2.24) is 15.0 Å². The largest absolute Gasteiger partial charge is 0.337 e. The van der Waals surface area contributed by atoms with Crippen molar-refractivity contribution in [3.63, 3.8) is 0 Å². The van der Waals surface area contributed by atoms with E-state index in [1.165, 1.54) is 4.90 Å². The van der Waals surface area contributed by atoms with Gasteiger partial charge in [0, 0.05) is 24.4 Å². The zero-order valence-corrected chi connectivity index (χ0v) is 12.3. The number of carbonyl (C=O) groups excluding carboxylic acids is 1. The first-order chi connectivity index (χ1) is 11.1. The maximum Gasteiger partial charge on any atom is 0.249 e. The molecule has 1 aromatic carbocycles. The third-order valence-corrected chi connectivity index (χ3v) is 4.36. The lowest BCUT2D eigenvalue weighted by atomic mass is 10.1. The van der Waals surface area contributed by atoms with Gasteiger partial charge in [-0.2, -0.15) is 4.98 Å². The highest BCUT2D eigenvalue weighted by Gasteiger charge is 2.38. The van der Waals surface area contributed by atoms with Gasteiger partial charge in [-0.1, -0.05) is 5.16 Å². The second kappa shape index (κ2) is 5.40. The summed E-state index contributed by atoms with van der Waals surface area (Å²) in [6, 6.07) is 2.87. The molecule has 2 aliphatic rings. The van der Waals surface area contributed by atoms with Crippen LogP contribution in [-0.4, -0.2) is 20.9 Å². The molecule has 2 aromatic rings. The number of carbonyl (C=O) groups is 1. The molecular weight excluding hydrogens is 304 g/mol. The Bertz CT molecular complexity index is 758. The van der Waals surface area contributed by atoms with E-state index in [-0.39, 0.29) is 24.1 Å². The van der Waals surface area contributed by atoms with Crippen molar-refractivity contribution in [2.75, 3.05) is 0 Å². The third-order valence-electron chi connectivity index (χ3n) is 4.36. The minimum atomic E-state index is -0.533. The quantitative estimate of drug-likeness (QED) is 0.869. The lowest BCUT2D eigenvalue weighted by Gasteiger charge is -2.22. The molecule has 0 bridgehead atoms. The minimum Gasteiger partial charge on any atom is -0.337 e. The first-order valence-electron chi connectivity index (χ1n) is 7.68. The summed E-state index contributed by atoms with van der Waals surface area (Å²) in [5.41, 5.74) is 0.146. The number of rotatable bonds is 4. The number of benzene rings is 1. The molecular formula is C16H15F2N3O2. The van der Waals surface area contributed by atoms with Gasteiger partial charge in [-0.05, 0) is 37.5 Å². The zero-order valence-electron chi connectivity index (χ0n) is 12.3. The maximum absolute atomic E-state index is 13.8. The average molecular weight is 319 g/mol. The van der Waals surface area contributed by atoms with Crippen molar-refractivity contribution in [2.24, 2.45) is 0 Å². The van der Waals surface area contributed by atoms with E-state index >= 15 is 0 Å².